The van der Waals surface area contributed by atoms with E-state index in [1.807, 2.05) is 13.8 Å². The van der Waals surface area contributed by atoms with Gasteiger partial charge < -0.3 is 15.0 Å². The molecule has 1 amide bonds. The minimum absolute atomic E-state index is 0.0960. The molecule has 1 saturated carbocycles. The van der Waals surface area contributed by atoms with Gasteiger partial charge in [0, 0.05) is 32.1 Å². The number of Topliss-reactive ketones (excluding diaryl/α,β-unsaturated/α-hetero) is 2. The summed E-state index contributed by atoms with van der Waals surface area (Å²) in [6, 6.07) is -0.767. The second kappa shape index (κ2) is 14.3. The number of carbonyl (C=O) groups excluding carboxylic acids is 4. The van der Waals surface area contributed by atoms with Gasteiger partial charge in [0.25, 0.3) is 0 Å². The monoisotopic (exact) mass is 476 g/mol. The number of ether oxygens (including phenoxy) is 1. The highest BCUT2D eigenvalue weighted by Gasteiger charge is 2.37. The molecule has 1 N–H and O–H groups in total. The summed E-state index contributed by atoms with van der Waals surface area (Å²) in [5, 5.41) is 2.76. The van der Waals surface area contributed by atoms with Crippen LogP contribution in [0.25, 0.3) is 0 Å². The Hall–Kier alpha value is -2.18. The van der Waals surface area contributed by atoms with Crippen LogP contribution in [0.3, 0.4) is 0 Å². The largest absolute Gasteiger partial charge is 0.466 e. The zero-order valence-electron chi connectivity index (χ0n) is 21.5. The number of amides is 1. The third-order valence-corrected chi connectivity index (χ3v) is 6.67. The zero-order valence-corrected chi connectivity index (χ0v) is 21.5. The van der Waals surface area contributed by atoms with Gasteiger partial charge in [-0.05, 0) is 11.8 Å². The Labute approximate surface area is 205 Å². The predicted octanol–water partition coefficient (Wildman–Crippen LogP) is 4.48. The number of hydrogen-bond donors (Lipinski definition) is 1. The maximum absolute atomic E-state index is 12.5. The van der Waals surface area contributed by atoms with E-state index in [0.717, 1.165) is 19.3 Å². The van der Waals surface area contributed by atoms with Crippen LogP contribution in [0.4, 0.5) is 0 Å². The molecule has 2 aliphatic rings. The topological polar surface area (TPSA) is 92.8 Å². The summed E-state index contributed by atoms with van der Waals surface area (Å²) < 4.78 is 5.37. The SMILES string of the molecule is CCCCCCCCCCCCOC(=O)CC1C(=O)NCCN1C=C1C(=O)CC(C)(C)CC1=O. The van der Waals surface area contributed by atoms with Crippen molar-refractivity contribution in [1.82, 2.24) is 10.2 Å². The number of carbonyl (C=O) groups is 4. The van der Waals surface area contributed by atoms with Crippen LogP contribution in [-0.2, 0) is 23.9 Å². The molecule has 7 nitrogen and oxygen atoms in total. The first-order valence-corrected chi connectivity index (χ1v) is 13.2. The van der Waals surface area contributed by atoms with Gasteiger partial charge in [-0.2, -0.15) is 0 Å². The normalized spacial score (nSPS) is 20.3. The minimum Gasteiger partial charge on any atom is -0.466 e. The summed E-state index contributed by atoms with van der Waals surface area (Å²) >= 11 is 0. The molecule has 34 heavy (non-hydrogen) atoms. The summed E-state index contributed by atoms with van der Waals surface area (Å²) in [7, 11) is 0. The van der Waals surface area contributed by atoms with Crippen LogP contribution in [0.1, 0.15) is 104 Å². The number of allylic oxidation sites excluding steroid dienone is 1. The van der Waals surface area contributed by atoms with Crippen LogP contribution in [0, 0.1) is 5.41 Å². The molecule has 0 aromatic heterocycles. The Morgan fingerprint density at radius 1 is 0.971 bits per heavy atom. The molecule has 1 aliphatic carbocycles. The van der Waals surface area contributed by atoms with Crippen LogP contribution in [-0.4, -0.2) is 54.1 Å². The first-order valence-electron chi connectivity index (χ1n) is 13.2. The summed E-state index contributed by atoms with van der Waals surface area (Å²) in [6.07, 6.45) is 14.1. The molecule has 2 fully saturated rings. The smallest absolute Gasteiger partial charge is 0.308 e. The number of nitrogens with zero attached hydrogens (tertiary/aromatic N) is 1. The molecule has 0 aromatic carbocycles. The number of rotatable bonds is 14. The van der Waals surface area contributed by atoms with E-state index in [2.05, 4.69) is 12.2 Å². The number of piperazine rings is 1. The van der Waals surface area contributed by atoms with E-state index in [1.165, 1.54) is 51.1 Å². The molecule has 7 heteroatoms. The molecule has 0 spiro atoms. The standard InChI is InChI=1S/C27H44N2O5/c1-4-5-6-7-8-9-10-11-12-13-16-34-25(32)17-22-26(33)28-14-15-29(22)20-21-23(30)18-27(2,3)19-24(21)31/h20,22H,4-19H2,1-3H3,(H,28,33). The molecule has 1 saturated heterocycles. The van der Waals surface area contributed by atoms with Gasteiger partial charge in [0.05, 0.1) is 18.6 Å². The first kappa shape index (κ1) is 28.1. The van der Waals surface area contributed by atoms with Crippen molar-refractivity contribution in [3.63, 3.8) is 0 Å². The Kier molecular flexibility index (Phi) is 11.8. The lowest BCUT2D eigenvalue weighted by atomic mass is 9.74. The van der Waals surface area contributed by atoms with Crippen molar-refractivity contribution >= 4 is 23.4 Å². The van der Waals surface area contributed by atoms with E-state index in [-0.39, 0.29) is 34.9 Å². The van der Waals surface area contributed by atoms with Crippen molar-refractivity contribution in [3.05, 3.63) is 11.8 Å². The van der Waals surface area contributed by atoms with Gasteiger partial charge in [-0.25, -0.2) is 0 Å². The van der Waals surface area contributed by atoms with Gasteiger partial charge >= 0.3 is 5.97 Å². The molecular formula is C27H44N2O5. The fourth-order valence-corrected chi connectivity index (χ4v) is 4.68. The highest BCUT2D eigenvalue weighted by molar-refractivity contribution is 6.22. The van der Waals surface area contributed by atoms with Crippen LogP contribution >= 0.6 is 0 Å². The molecule has 192 valence electrons. The fraction of sp³-hybridized carbons (Fsp3) is 0.778. The first-order chi connectivity index (χ1) is 16.2. The van der Waals surface area contributed by atoms with Crippen molar-refractivity contribution in [2.24, 2.45) is 5.41 Å². The Bertz CT molecular complexity index is 721. The highest BCUT2D eigenvalue weighted by atomic mass is 16.5. The number of ketones is 2. The van der Waals surface area contributed by atoms with Crippen molar-refractivity contribution in [2.45, 2.75) is 110 Å². The number of esters is 1. The lowest BCUT2D eigenvalue weighted by molar-refractivity contribution is -0.147. The van der Waals surface area contributed by atoms with Crippen molar-refractivity contribution in [1.29, 1.82) is 0 Å². The molecule has 1 aliphatic heterocycles. The number of unbranched alkanes of at least 4 members (excludes halogenated alkanes) is 9. The van der Waals surface area contributed by atoms with E-state index < -0.39 is 12.0 Å². The van der Waals surface area contributed by atoms with Crippen LogP contribution < -0.4 is 5.32 Å². The maximum Gasteiger partial charge on any atom is 0.308 e. The predicted molar refractivity (Wildman–Crippen MR) is 132 cm³/mol. The molecule has 0 bridgehead atoms. The van der Waals surface area contributed by atoms with E-state index >= 15 is 0 Å². The lowest BCUT2D eigenvalue weighted by Gasteiger charge is -2.35. The molecule has 1 heterocycles. The molecule has 0 radical (unpaired) electrons. The molecular weight excluding hydrogens is 432 g/mol. The number of nitrogens with one attached hydrogen (secondary N) is 1. The third-order valence-electron chi connectivity index (χ3n) is 6.67. The maximum atomic E-state index is 12.5. The molecule has 1 unspecified atom stereocenters. The quantitative estimate of drug-likeness (QED) is 0.172. The second-order valence-corrected chi connectivity index (χ2v) is 10.6. The van der Waals surface area contributed by atoms with Gasteiger partial charge in [-0.15, -0.1) is 0 Å². The lowest BCUT2D eigenvalue weighted by Crippen LogP contribution is -2.54. The van der Waals surface area contributed by atoms with E-state index in [1.54, 1.807) is 4.90 Å². The zero-order chi connectivity index (χ0) is 25.0. The Morgan fingerprint density at radius 2 is 1.53 bits per heavy atom. The van der Waals surface area contributed by atoms with Crippen molar-refractivity contribution < 1.29 is 23.9 Å². The molecule has 0 aromatic rings. The Morgan fingerprint density at radius 3 is 2.12 bits per heavy atom. The van der Waals surface area contributed by atoms with E-state index in [0.29, 0.717) is 32.5 Å². The van der Waals surface area contributed by atoms with Crippen molar-refractivity contribution in [3.8, 4) is 0 Å². The van der Waals surface area contributed by atoms with E-state index in [9.17, 15) is 19.2 Å². The van der Waals surface area contributed by atoms with Gasteiger partial charge in [0.1, 0.15) is 6.04 Å². The third kappa shape index (κ3) is 9.59. The average Bonchev–Trinajstić information content (AvgIpc) is 2.76. The van der Waals surface area contributed by atoms with E-state index in [4.69, 9.17) is 4.74 Å². The van der Waals surface area contributed by atoms with Crippen LogP contribution in [0.5, 0.6) is 0 Å². The van der Waals surface area contributed by atoms with Gasteiger partial charge in [-0.3, -0.25) is 19.2 Å². The minimum atomic E-state index is -0.767. The Balaban J connectivity index is 1.74. The average molecular weight is 477 g/mol. The van der Waals surface area contributed by atoms with Crippen molar-refractivity contribution in [2.75, 3.05) is 19.7 Å². The van der Waals surface area contributed by atoms with Gasteiger partial charge in [-0.1, -0.05) is 78.6 Å². The summed E-state index contributed by atoms with van der Waals surface area (Å²) in [5.74, 6) is -1.11. The van der Waals surface area contributed by atoms with Gasteiger partial charge in [0.15, 0.2) is 11.6 Å². The van der Waals surface area contributed by atoms with Gasteiger partial charge in [0.2, 0.25) is 5.91 Å². The summed E-state index contributed by atoms with van der Waals surface area (Å²) in [6.45, 7) is 7.24. The summed E-state index contributed by atoms with van der Waals surface area (Å²) in [4.78, 5) is 51.5. The fourth-order valence-electron chi connectivity index (χ4n) is 4.68. The highest BCUT2D eigenvalue weighted by Crippen LogP contribution is 2.34. The second-order valence-electron chi connectivity index (χ2n) is 10.6. The van der Waals surface area contributed by atoms with Crippen LogP contribution in [0.15, 0.2) is 11.8 Å². The molecule has 1 atom stereocenters. The number of hydrogen-bond acceptors (Lipinski definition) is 6. The summed E-state index contributed by atoms with van der Waals surface area (Å²) in [5.41, 5.74) is -0.208. The van der Waals surface area contributed by atoms with Crippen LogP contribution in [0.2, 0.25) is 0 Å². The molecule has 2 rings (SSSR count).